The zero-order chi connectivity index (χ0) is 19.6. The number of fused-ring (bicyclic) bond motifs is 2. The zero-order valence-corrected chi connectivity index (χ0v) is 16.8. The highest BCUT2D eigenvalue weighted by Crippen LogP contribution is 2.26. The highest BCUT2D eigenvalue weighted by molar-refractivity contribution is 6.32. The lowest BCUT2D eigenvalue weighted by atomic mass is 10.2. The van der Waals surface area contributed by atoms with Gasteiger partial charge in [0.1, 0.15) is 0 Å². The number of hydrogen-bond donors (Lipinski definition) is 3. The van der Waals surface area contributed by atoms with E-state index < -0.39 is 11.2 Å². The van der Waals surface area contributed by atoms with E-state index in [1.807, 2.05) is 17.9 Å². The van der Waals surface area contributed by atoms with Gasteiger partial charge in [0.15, 0.2) is 11.5 Å². The number of benzene rings is 1. The standard InChI is InChI=1S/C17H20ClN5O4.ClH/c1-10-8-13-12(9-11(10)18)19-14-15(20-17(27)21-16(14)26)23(13)3-2-22(4-6-24)5-7-25;/h8-9,24-25H,2-7H2,1H3,(H,21,26,27);1H. The number of H-pyrrole nitrogens is 1. The molecule has 1 aromatic carbocycles. The predicted molar refractivity (Wildman–Crippen MR) is 109 cm³/mol. The minimum absolute atomic E-state index is 0. The molecule has 0 amide bonds. The van der Waals surface area contributed by atoms with Crippen LogP contribution in [0.25, 0.3) is 22.6 Å². The lowest BCUT2D eigenvalue weighted by Gasteiger charge is -2.23. The molecule has 28 heavy (non-hydrogen) atoms. The van der Waals surface area contributed by atoms with Crippen LogP contribution in [-0.2, 0) is 6.54 Å². The Morgan fingerprint density at radius 3 is 2.46 bits per heavy atom. The van der Waals surface area contributed by atoms with Crippen molar-refractivity contribution in [3.05, 3.63) is 43.6 Å². The summed E-state index contributed by atoms with van der Waals surface area (Å²) in [4.78, 5) is 36.2. The van der Waals surface area contributed by atoms with E-state index in [4.69, 9.17) is 11.6 Å². The van der Waals surface area contributed by atoms with Gasteiger partial charge in [0.05, 0.1) is 24.2 Å². The average molecular weight is 430 g/mol. The van der Waals surface area contributed by atoms with Gasteiger partial charge < -0.3 is 14.8 Å². The van der Waals surface area contributed by atoms with Gasteiger partial charge >= 0.3 is 5.69 Å². The average Bonchev–Trinajstić information content (AvgIpc) is 2.61. The first kappa shape index (κ1) is 22.3. The molecule has 11 heteroatoms. The highest BCUT2D eigenvalue weighted by atomic mass is 35.5. The minimum Gasteiger partial charge on any atom is -0.395 e. The summed E-state index contributed by atoms with van der Waals surface area (Å²) in [5, 5.41) is 18.9. The number of aromatic amines is 1. The molecule has 0 radical (unpaired) electrons. The first-order chi connectivity index (χ1) is 12.9. The molecule has 0 aliphatic carbocycles. The Balaban J connectivity index is 0.00000280. The molecule has 3 N–H and O–H groups in total. The number of aliphatic hydroxyl groups excluding tert-OH is 2. The topological polar surface area (TPSA) is 124 Å². The van der Waals surface area contributed by atoms with E-state index in [9.17, 15) is 19.8 Å². The van der Waals surface area contributed by atoms with Crippen LogP contribution in [0.1, 0.15) is 5.56 Å². The van der Waals surface area contributed by atoms with Crippen LogP contribution in [0.4, 0.5) is 0 Å². The summed E-state index contributed by atoms with van der Waals surface area (Å²) >= 11 is 6.20. The fourth-order valence-electron chi connectivity index (χ4n) is 3.01. The van der Waals surface area contributed by atoms with Crippen LogP contribution in [0.15, 0.2) is 21.7 Å². The SMILES string of the molecule is Cc1cc2c(cc1Cl)nc1c(=O)[nH]c(=O)nc-1n2CCN(CCO)CCO.Cl. The van der Waals surface area contributed by atoms with Crippen molar-refractivity contribution >= 4 is 35.0 Å². The Morgan fingerprint density at radius 2 is 1.82 bits per heavy atom. The summed E-state index contributed by atoms with van der Waals surface area (Å²) in [7, 11) is 0. The molecule has 2 aliphatic rings. The summed E-state index contributed by atoms with van der Waals surface area (Å²) in [5.74, 6) is 0.186. The number of hydrogen-bond acceptors (Lipinski definition) is 7. The first-order valence-electron chi connectivity index (χ1n) is 8.49. The van der Waals surface area contributed by atoms with Crippen molar-refractivity contribution < 1.29 is 10.2 Å². The van der Waals surface area contributed by atoms with Crippen LogP contribution in [0.3, 0.4) is 0 Å². The van der Waals surface area contributed by atoms with Crippen molar-refractivity contribution in [3.63, 3.8) is 0 Å². The van der Waals surface area contributed by atoms with E-state index in [1.165, 1.54) is 0 Å². The fraction of sp³-hybridized carbons (Fsp3) is 0.412. The number of halogens is 2. The van der Waals surface area contributed by atoms with E-state index in [2.05, 4.69) is 15.0 Å². The van der Waals surface area contributed by atoms with E-state index in [0.29, 0.717) is 42.2 Å². The highest BCUT2D eigenvalue weighted by Gasteiger charge is 2.19. The molecule has 0 atom stereocenters. The number of aliphatic hydroxyl groups is 2. The molecule has 0 bridgehead atoms. The second-order valence-electron chi connectivity index (χ2n) is 6.19. The Labute approximate surface area is 171 Å². The molecular weight excluding hydrogens is 409 g/mol. The third kappa shape index (κ3) is 4.50. The molecule has 2 aliphatic heterocycles. The maximum absolute atomic E-state index is 12.2. The van der Waals surface area contributed by atoms with Gasteiger partial charge in [-0.1, -0.05) is 11.6 Å². The number of aromatic nitrogens is 4. The van der Waals surface area contributed by atoms with Crippen LogP contribution in [0.5, 0.6) is 0 Å². The fourth-order valence-corrected chi connectivity index (χ4v) is 3.16. The second-order valence-corrected chi connectivity index (χ2v) is 6.59. The Bertz CT molecular complexity index is 1050. The first-order valence-corrected chi connectivity index (χ1v) is 8.87. The molecule has 9 nitrogen and oxygen atoms in total. The Hall–Kier alpha value is -2.04. The zero-order valence-electron chi connectivity index (χ0n) is 15.2. The molecule has 0 saturated heterocycles. The Morgan fingerprint density at radius 1 is 1.14 bits per heavy atom. The molecule has 0 saturated carbocycles. The van der Waals surface area contributed by atoms with Gasteiger partial charge in [-0.25, -0.2) is 9.78 Å². The second kappa shape index (κ2) is 9.44. The molecular formula is C17H21Cl2N5O4. The maximum Gasteiger partial charge on any atom is 0.349 e. The predicted octanol–water partition coefficient (Wildman–Crippen LogP) is 0.255. The largest absolute Gasteiger partial charge is 0.395 e. The molecule has 0 aromatic heterocycles. The molecule has 2 heterocycles. The van der Waals surface area contributed by atoms with Crippen LogP contribution < -0.4 is 11.2 Å². The summed E-state index contributed by atoms with van der Waals surface area (Å²) in [6, 6.07) is 3.51. The minimum atomic E-state index is -0.740. The number of aryl methyl sites for hydroxylation is 1. The van der Waals surface area contributed by atoms with Gasteiger partial charge in [0, 0.05) is 31.2 Å². The number of rotatable bonds is 7. The van der Waals surface area contributed by atoms with Gasteiger partial charge in [-0.2, -0.15) is 4.98 Å². The van der Waals surface area contributed by atoms with Gasteiger partial charge in [-0.05, 0) is 24.6 Å². The van der Waals surface area contributed by atoms with Crippen molar-refractivity contribution in [3.8, 4) is 11.5 Å². The third-order valence-corrected chi connectivity index (χ3v) is 4.77. The van der Waals surface area contributed by atoms with Gasteiger partial charge in [0.2, 0.25) is 0 Å². The van der Waals surface area contributed by atoms with E-state index >= 15 is 0 Å². The third-order valence-electron chi connectivity index (χ3n) is 4.36. The van der Waals surface area contributed by atoms with Gasteiger partial charge in [-0.15, -0.1) is 12.4 Å². The van der Waals surface area contributed by atoms with E-state index in [-0.39, 0.29) is 37.1 Å². The lowest BCUT2D eigenvalue weighted by Crippen LogP contribution is -2.34. The quantitative estimate of drug-likeness (QED) is 0.459. The van der Waals surface area contributed by atoms with Gasteiger partial charge in [-0.3, -0.25) is 14.7 Å². The van der Waals surface area contributed by atoms with E-state index in [1.54, 1.807) is 10.6 Å². The number of nitrogens with one attached hydrogen (secondary N) is 1. The van der Waals surface area contributed by atoms with Crippen molar-refractivity contribution in [2.75, 3.05) is 32.8 Å². The summed E-state index contributed by atoms with van der Waals surface area (Å²) in [6.45, 7) is 3.42. The van der Waals surface area contributed by atoms with Crippen LogP contribution >= 0.6 is 24.0 Å². The molecule has 1 aromatic rings. The van der Waals surface area contributed by atoms with Crippen LogP contribution in [0, 0.1) is 6.92 Å². The van der Waals surface area contributed by atoms with Crippen LogP contribution in [0.2, 0.25) is 5.02 Å². The number of nitrogens with zero attached hydrogens (tertiary/aromatic N) is 4. The smallest absolute Gasteiger partial charge is 0.349 e. The molecule has 3 rings (SSSR count). The summed E-state index contributed by atoms with van der Waals surface area (Å²) in [6.07, 6.45) is 0. The lowest BCUT2D eigenvalue weighted by molar-refractivity contribution is 0.158. The van der Waals surface area contributed by atoms with Crippen molar-refractivity contribution in [1.82, 2.24) is 24.4 Å². The molecule has 152 valence electrons. The molecule has 0 fully saturated rings. The normalized spacial score (nSPS) is 11.3. The molecule has 0 unspecified atom stereocenters. The van der Waals surface area contributed by atoms with Crippen LogP contribution in [-0.4, -0.2) is 67.5 Å². The maximum atomic E-state index is 12.2. The summed E-state index contributed by atoms with van der Waals surface area (Å²) in [5.41, 5.74) is 0.733. The van der Waals surface area contributed by atoms with Crippen molar-refractivity contribution in [2.45, 2.75) is 13.5 Å². The van der Waals surface area contributed by atoms with Crippen molar-refractivity contribution in [1.29, 1.82) is 0 Å². The summed E-state index contributed by atoms with van der Waals surface area (Å²) < 4.78 is 1.75. The van der Waals surface area contributed by atoms with E-state index in [0.717, 1.165) is 5.56 Å². The van der Waals surface area contributed by atoms with Crippen molar-refractivity contribution in [2.24, 2.45) is 0 Å². The molecule has 0 spiro atoms. The monoisotopic (exact) mass is 429 g/mol. The Kier molecular flexibility index (Phi) is 7.50. The van der Waals surface area contributed by atoms with Gasteiger partial charge in [0.25, 0.3) is 5.56 Å².